The molecule has 0 aliphatic rings. The predicted molar refractivity (Wildman–Crippen MR) is 72.7 cm³/mol. The fourth-order valence-electron chi connectivity index (χ4n) is 1.75. The van der Waals surface area contributed by atoms with Gasteiger partial charge in [0, 0.05) is 12.4 Å². The highest BCUT2D eigenvalue weighted by atomic mass is 32.2. The summed E-state index contributed by atoms with van der Waals surface area (Å²) in [5.41, 5.74) is -0.0417. The molecule has 10 heteroatoms. The van der Waals surface area contributed by atoms with Crippen molar-refractivity contribution in [2.24, 2.45) is 0 Å². The van der Waals surface area contributed by atoms with Crippen molar-refractivity contribution in [3.8, 4) is 0 Å². The second kappa shape index (κ2) is 4.98. The molecule has 1 aromatic carbocycles. The summed E-state index contributed by atoms with van der Waals surface area (Å²) in [6, 6.07) is 2.99. The average Bonchev–Trinajstić information content (AvgIpc) is 2.87. The third-order valence-corrected chi connectivity index (χ3v) is 3.87. The topological polar surface area (TPSA) is 89.2 Å². The van der Waals surface area contributed by atoms with E-state index in [1.807, 2.05) is 0 Å². The first kappa shape index (κ1) is 14.3. The van der Waals surface area contributed by atoms with Crippen LogP contribution in [0.25, 0.3) is 5.78 Å². The number of rotatable bonds is 3. The van der Waals surface area contributed by atoms with Crippen molar-refractivity contribution >= 4 is 21.5 Å². The summed E-state index contributed by atoms with van der Waals surface area (Å²) in [6.45, 7) is 1.75. The number of sulfonamides is 1. The van der Waals surface area contributed by atoms with E-state index >= 15 is 0 Å². The van der Waals surface area contributed by atoms with Crippen LogP contribution in [0.5, 0.6) is 0 Å². The minimum absolute atomic E-state index is 0.0555. The highest BCUT2D eigenvalue weighted by Gasteiger charge is 2.24. The molecule has 0 spiro atoms. The number of nitrogens with zero attached hydrogens (tertiary/aromatic N) is 4. The largest absolute Gasteiger partial charge is 0.299 e. The number of aromatic nitrogens is 4. The number of fused-ring (bicyclic) bond motifs is 1. The summed E-state index contributed by atoms with van der Waals surface area (Å²) in [4.78, 5) is 7.63. The minimum Gasteiger partial charge on any atom is -0.271 e. The van der Waals surface area contributed by atoms with Gasteiger partial charge in [-0.05, 0) is 24.6 Å². The smallest absolute Gasteiger partial charge is 0.271 e. The Balaban J connectivity index is 2.05. The van der Waals surface area contributed by atoms with Crippen molar-refractivity contribution < 1.29 is 17.2 Å². The molecule has 3 rings (SSSR count). The van der Waals surface area contributed by atoms with E-state index in [2.05, 4.69) is 15.1 Å². The van der Waals surface area contributed by atoms with Crippen molar-refractivity contribution in [3.05, 3.63) is 47.8 Å². The molecule has 0 saturated carbocycles. The molecular weight excluding hydrogens is 316 g/mol. The number of aryl methyl sites for hydroxylation is 1. The monoisotopic (exact) mass is 325 g/mol. The minimum atomic E-state index is -4.35. The summed E-state index contributed by atoms with van der Waals surface area (Å²) < 4.78 is 54.3. The summed E-state index contributed by atoms with van der Waals surface area (Å²) in [5, 5.41) is 3.12. The molecule has 0 radical (unpaired) electrons. The maximum Gasteiger partial charge on any atom is 0.299 e. The number of hydrogen-bond donors (Lipinski definition) is 1. The van der Waals surface area contributed by atoms with Crippen molar-refractivity contribution in [3.63, 3.8) is 0 Å². The van der Waals surface area contributed by atoms with Gasteiger partial charge in [0.15, 0.2) is 0 Å². The number of anilines is 1. The molecule has 0 saturated heterocycles. The van der Waals surface area contributed by atoms with E-state index in [9.17, 15) is 17.2 Å². The van der Waals surface area contributed by atoms with Crippen LogP contribution in [0.2, 0.25) is 0 Å². The molecule has 0 aliphatic heterocycles. The fraction of sp³-hybridized carbons (Fsp3) is 0.0833. The van der Waals surface area contributed by atoms with Gasteiger partial charge in [-0.15, -0.1) is 5.10 Å². The molecule has 0 amide bonds. The molecular formula is C12H9F2N5O2S. The lowest BCUT2D eigenvalue weighted by Crippen LogP contribution is -2.16. The van der Waals surface area contributed by atoms with Crippen molar-refractivity contribution in [2.45, 2.75) is 12.1 Å². The second-order valence-electron chi connectivity index (χ2n) is 4.47. The first-order valence-corrected chi connectivity index (χ1v) is 7.51. The van der Waals surface area contributed by atoms with Crippen LogP contribution in [-0.2, 0) is 10.0 Å². The second-order valence-corrected chi connectivity index (χ2v) is 6.05. The summed E-state index contributed by atoms with van der Waals surface area (Å²) in [7, 11) is -4.35. The molecule has 0 bridgehead atoms. The van der Waals surface area contributed by atoms with Crippen molar-refractivity contribution in [1.82, 2.24) is 19.6 Å². The van der Waals surface area contributed by atoms with Gasteiger partial charge in [-0.2, -0.15) is 13.4 Å². The van der Waals surface area contributed by atoms with Crippen molar-refractivity contribution in [1.29, 1.82) is 0 Å². The van der Waals surface area contributed by atoms with E-state index in [1.165, 1.54) is 16.9 Å². The van der Waals surface area contributed by atoms with Gasteiger partial charge < -0.3 is 0 Å². The van der Waals surface area contributed by atoms with Crippen molar-refractivity contribution in [2.75, 3.05) is 4.72 Å². The lowest BCUT2D eigenvalue weighted by Gasteiger charge is -2.06. The molecule has 7 nitrogen and oxygen atoms in total. The highest BCUT2D eigenvalue weighted by molar-refractivity contribution is 7.92. The van der Waals surface area contributed by atoms with Gasteiger partial charge in [0.1, 0.15) is 17.3 Å². The lowest BCUT2D eigenvalue weighted by molar-refractivity contribution is 0.579. The zero-order valence-electron chi connectivity index (χ0n) is 11.2. The Kier molecular flexibility index (Phi) is 3.24. The van der Waals surface area contributed by atoms with E-state index in [-0.39, 0.29) is 5.78 Å². The summed E-state index contributed by atoms with van der Waals surface area (Å²) in [5.74, 6) is -2.03. The first-order chi connectivity index (χ1) is 10.4. The molecule has 2 aromatic heterocycles. The van der Waals surface area contributed by atoms with Crippen LogP contribution in [-0.4, -0.2) is 28.0 Å². The predicted octanol–water partition coefficient (Wildman–Crippen LogP) is 1.51. The first-order valence-electron chi connectivity index (χ1n) is 6.03. The van der Waals surface area contributed by atoms with Gasteiger partial charge in [-0.3, -0.25) is 4.72 Å². The highest BCUT2D eigenvalue weighted by Crippen LogP contribution is 2.21. The number of nitrogens with one attached hydrogen (secondary N) is 1. The average molecular weight is 325 g/mol. The lowest BCUT2D eigenvalue weighted by atomic mass is 10.3. The third kappa shape index (κ3) is 2.48. The Hall–Kier alpha value is -2.62. The Bertz CT molecular complexity index is 951. The zero-order chi connectivity index (χ0) is 15.9. The molecule has 0 aliphatic carbocycles. The summed E-state index contributed by atoms with van der Waals surface area (Å²) in [6.07, 6.45) is 3.02. The normalized spacial score (nSPS) is 11.8. The number of para-hydroxylation sites is 1. The Morgan fingerprint density at radius 1 is 1.23 bits per heavy atom. The quantitative estimate of drug-likeness (QED) is 0.788. The zero-order valence-corrected chi connectivity index (χ0v) is 12.0. The van der Waals surface area contributed by atoms with Crippen LogP contribution >= 0.6 is 0 Å². The van der Waals surface area contributed by atoms with Gasteiger partial charge >= 0.3 is 0 Å². The van der Waals surface area contributed by atoms with Crippen LogP contribution in [0.4, 0.5) is 14.5 Å². The Labute approximate surface area is 123 Å². The standard InChI is InChI=1S/C12H9F2N5O2S/c1-7-5-15-11-16-12(17-19(11)6-7)22(20,21)18-10-8(13)3-2-4-9(10)14/h2-6,18H,1H3. The Morgan fingerprint density at radius 3 is 2.59 bits per heavy atom. The van der Waals surface area contributed by atoms with Crippen LogP contribution < -0.4 is 4.72 Å². The van der Waals surface area contributed by atoms with Gasteiger partial charge in [-0.25, -0.2) is 18.3 Å². The van der Waals surface area contributed by atoms with E-state index < -0.39 is 32.5 Å². The molecule has 1 N–H and O–H groups in total. The fourth-order valence-corrected chi connectivity index (χ4v) is 2.70. The van der Waals surface area contributed by atoms with Crippen LogP contribution in [0, 0.1) is 18.6 Å². The summed E-state index contributed by atoms with van der Waals surface area (Å²) >= 11 is 0. The van der Waals surface area contributed by atoms with E-state index in [1.54, 1.807) is 11.6 Å². The molecule has 2 heterocycles. The third-order valence-electron chi connectivity index (χ3n) is 2.74. The maximum atomic E-state index is 13.5. The number of halogens is 2. The maximum absolute atomic E-state index is 13.5. The molecule has 0 fully saturated rings. The van der Waals surface area contributed by atoms with Gasteiger partial charge in [0.2, 0.25) is 0 Å². The Morgan fingerprint density at radius 2 is 1.91 bits per heavy atom. The SMILES string of the molecule is Cc1cnc2nc(S(=O)(=O)Nc3c(F)cccc3F)nn2c1. The van der Waals surface area contributed by atoms with Gasteiger partial charge in [-0.1, -0.05) is 6.07 Å². The molecule has 114 valence electrons. The van der Waals surface area contributed by atoms with Gasteiger partial charge in [0.05, 0.1) is 0 Å². The van der Waals surface area contributed by atoms with E-state index in [0.717, 1.165) is 23.8 Å². The van der Waals surface area contributed by atoms with Crippen LogP contribution in [0.3, 0.4) is 0 Å². The van der Waals surface area contributed by atoms with Gasteiger partial charge in [0.25, 0.3) is 21.0 Å². The van der Waals surface area contributed by atoms with Crippen LogP contribution in [0.15, 0.2) is 35.7 Å². The van der Waals surface area contributed by atoms with Crippen LogP contribution in [0.1, 0.15) is 5.56 Å². The van der Waals surface area contributed by atoms with E-state index in [4.69, 9.17) is 0 Å². The number of benzene rings is 1. The molecule has 0 unspecified atom stereocenters. The molecule has 22 heavy (non-hydrogen) atoms. The number of hydrogen-bond acceptors (Lipinski definition) is 5. The molecule has 0 atom stereocenters. The molecule has 3 aromatic rings. The van der Waals surface area contributed by atoms with E-state index in [0.29, 0.717) is 0 Å².